The number of carbonyl (C=O) groups is 1. The zero-order chi connectivity index (χ0) is 19.1. The molecule has 0 bridgehead atoms. The summed E-state index contributed by atoms with van der Waals surface area (Å²) < 4.78 is 15.8. The van der Waals surface area contributed by atoms with E-state index in [1.54, 1.807) is 25.1 Å². The van der Waals surface area contributed by atoms with Gasteiger partial charge in [0.1, 0.15) is 5.82 Å². The molecule has 3 nitrogen and oxygen atoms in total. The Morgan fingerprint density at radius 3 is 2.63 bits per heavy atom. The predicted molar refractivity (Wildman–Crippen MR) is 105 cm³/mol. The molecule has 0 fully saturated rings. The SMILES string of the molecule is Cc1cc(C(=O)N2CCn3cccc3[C@H]2c2ccc(Cl)c(Cl)c2)ccc1F. The van der Waals surface area contributed by atoms with Crippen LogP contribution in [-0.2, 0) is 6.54 Å². The number of rotatable bonds is 2. The highest BCUT2D eigenvalue weighted by atomic mass is 35.5. The largest absolute Gasteiger partial charge is 0.348 e. The molecular weight excluding hydrogens is 386 g/mol. The van der Waals surface area contributed by atoms with E-state index in [-0.39, 0.29) is 17.8 Å². The minimum atomic E-state index is -0.319. The van der Waals surface area contributed by atoms with Crippen molar-refractivity contribution in [2.75, 3.05) is 6.54 Å². The molecule has 1 aromatic heterocycles. The number of carbonyl (C=O) groups excluding carboxylic acids is 1. The Hall–Kier alpha value is -2.30. The first kappa shape index (κ1) is 18.1. The molecule has 2 aromatic carbocycles. The molecule has 0 saturated heterocycles. The first-order chi connectivity index (χ1) is 13.0. The third-order valence-corrected chi connectivity index (χ3v) is 5.70. The van der Waals surface area contributed by atoms with Gasteiger partial charge in [-0.2, -0.15) is 0 Å². The predicted octanol–water partition coefficient (Wildman–Crippen LogP) is 5.49. The number of fused-ring (bicyclic) bond motifs is 1. The van der Waals surface area contributed by atoms with Gasteiger partial charge in [0.05, 0.1) is 16.1 Å². The topological polar surface area (TPSA) is 25.2 Å². The van der Waals surface area contributed by atoms with Gasteiger partial charge in [0.15, 0.2) is 0 Å². The van der Waals surface area contributed by atoms with Crippen LogP contribution in [-0.4, -0.2) is 21.9 Å². The summed E-state index contributed by atoms with van der Waals surface area (Å²) in [5.74, 6) is -0.457. The van der Waals surface area contributed by atoms with Crippen molar-refractivity contribution in [2.45, 2.75) is 19.5 Å². The Balaban J connectivity index is 1.79. The highest BCUT2D eigenvalue weighted by Crippen LogP contribution is 2.36. The van der Waals surface area contributed by atoms with Crippen molar-refractivity contribution in [2.24, 2.45) is 0 Å². The van der Waals surface area contributed by atoms with Crippen LogP contribution in [0.15, 0.2) is 54.7 Å². The van der Waals surface area contributed by atoms with Crippen molar-refractivity contribution in [1.29, 1.82) is 0 Å². The summed E-state index contributed by atoms with van der Waals surface area (Å²) >= 11 is 12.3. The van der Waals surface area contributed by atoms with Gasteiger partial charge in [-0.25, -0.2) is 4.39 Å². The smallest absolute Gasteiger partial charge is 0.254 e. The van der Waals surface area contributed by atoms with E-state index < -0.39 is 0 Å². The second kappa shape index (κ2) is 7.02. The van der Waals surface area contributed by atoms with Gasteiger partial charge in [-0.1, -0.05) is 29.3 Å². The monoisotopic (exact) mass is 402 g/mol. The molecule has 1 amide bonds. The maximum atomic E-state index is 13.6. The average Bonchev–Trinajstić information content (AvgIpc) is 3.13. The summed E-state index contributed by atoms with van der Waals surface area (Å²) in [5.41, 5.74) is 2.81. The van der Waals surface area contributed by atoms with Gasteiger partial charge >= 0.3 is 0 Å². The van der Waals surface area contributed by atoms with Crippen molar-refractivity contribution in [3.63, 3.8) is 0 Å². The number of amides is 1. The van der Waals surface area contributed by atoms with E-state index in [1.807, 2.05) is 29.3 Å². The molecule has 0 unspecified atom stereocenters. The number of aryl methyl sites for hydroxylation is 1. The molecule has 1 atom stereocenters. The zero-order valence-electron chi connectivity index (χ0n) is 14.6. The lowest BCUT2D eigenvalue weighted by Crippen LogP contribution is -2.42. The quantitative estimate of drug-likeness (QED) is 0.556. The number of hydrogen-bond acceptors (Lipinski definition) is 1. The fraction of sp³-hybridized carbons (Fsp3) is 0.190. The third kappa shape index (κ3) is 3.24. The minimum Gasteiger partial charge on any atom is -0.348 e. The van der Waals surface area contributed by atoms with E-state index in [4.69, 9.17) is 23.2 Å². The fourth-order valence-electron chi connectivity index (χ4n) is 3.58. The lowest BCUT2D eigenvalue weighted by atomic mass is 9.98. The summed E-state index contributed by atoms with van der Waals surface area (Å²) in [6.07, 6.45) is 2.00. The van der Waals surface area contributed by atoms with Crippen LogP contribution < -0.4 is 0 Å². The van der Waals surface area contributed by atoms with Crippen LogP contribution >= 0.6 is 23.2 Å². The van der Waals surface area contributed by atoms with Crippen LogP contribution in [0, 0.1) is 12.7 Å². The molecule has 0 aliphatic carbocycles. The number of aromatic nitrogens is 1. The maximum absolute atomic E-state index is 13.6. The Morgan fingerprint density at radius 2 is 1.89 bits per heavy atom. The molecule has 138 valence electrons. The molecule has 2 heterocycles. The van der Waals surface area contributed by atoms with Crippen molar-refractivity contribution in [1.82, 2.24) is 9.47 Å². The third-order valence-electron chi connectivity index (χ3n) is 4.96. The standard InChI is InChI=1S/C21H17Cl2FN2O/c1-13-11-15(5-7-18(13)24)21(27)26-10-9-25-8-2-3-19(25)20(26)14-4-6-16(22)17(23)12-14/h2-8,11-12,20H,9-10H2,1H3/t20-/m1/s1. The molecule has 0 saturated carbocycles. The van der Waals surface area contributed by atoms with Crippen LogP contribution in [0.1, 0.15) is 33.2 Å². The van der Waals surface area contributed by atoms with E-state index in [1.165, 1.54) is 12.1 Å². The normalized spacial score (nSPS) is 16.3. The van der Waals surface area contributed by atoms with Crippen LogP contribution in [0.2, 0.25) is 10.0 Å². The van der Waals surface area contributed by atoms with Gasteiger partial charge < -0.3 is 9.47 Å². The fourth-order valence-corrected chi connectivity index (χ4v) is 3.89. The van der Waals surface area contributed by atoms with Gasteiger partial charge in [0.25, 0.3) is 5.91 Å². The van der Waals surface area contributed by atoms with Crippen molar-refractivity contribution in [3.8, 4) is 0 Å². The highest BCUT2D eigenvalue weighted by molar-refractivity contribution is 6.42. The molecule has 0 spiro atoms. The van der Waals surface area contributed by atoms with Crippen LogP contribution in [0.4, 0.5) is 4.39 Å². The second-order valence-electron chi connectivity index (χ2n) is 6.67. The Labute approximate surface area is 166 Å². The molecule has 27 heavy (non-hydrogen) atoms. The Bertz CT molecular complexity index is 1030. The lowest BCUT2D eigenvalue weighted by Gasteiger charge is -2.37. The van der Waals surface area contributed by atoms with E-state index in [2.05, 4.69) is 4.57 Å². The Morgan fingerprint density at radius 1 is 1.07 bits per heavy atom. The number of hydrogen-bond donors (Lipinski definition) is 0. The number of nitrogens with zero attached hydrogens (tertiary/aromatic N) is 2. The molecule has 1 aliphatic heterocycles. The second-order valence-corrected chi connectivity index (χ2v) is 7.48. The Kier molecular flexibility index (Phi) is 4.70. The lowest BCUT2D eigenvalue weighted by molar-refractivity contribution is 0.0664. The van der Waals surface area contributed by atoms with Crippen LogP contribution in [0.3, 0.4) is 0 Å². The number of benzene rings is 2. The van der Waals surface area contributed by atoms with E-state index in [0.717, 1.165) is 11.3 Å². The first-order valence-electron chi connectivity index (χ1n) is 8.63. The van der Waals surface area contributed by atoms with Gasteiger partial charge in [-0.05, 0) is 60.5 Å². The van der Waals surface area contributed by atoms with Crippen molar-refractivity contribution >= 4 is 29.1 Å². The molecule has 3 aromatic rings. The molecule has 1 aliphatic rings. The van der Waals surface area contributed by atoms with Crippen molar-refractivity contribution in [3.05, 3.63) is 93.0 Å². The van der Waals surface area contributed by atoms with E-state index >= 15 is 0 Å². The number of halogens is 3. The van der Waals surface area contributed by atoms with Gasteiger partial charge in [0.2, 0.25) is 0 Å². The zero-order valence-corrected chi connectivity index (χ0v) is 16.1. The van der Waals surface area contributed by atoms with Crippen LogP contribution in [0.5, 0.6) is 0 Å². The highest BCUT2D eigenvalue weighted by Gasteiger charge is 2.33. The van der Waals surface area contributed by atoms with E-state index in [0.29, 0.717) is 34.3 Å². The minimum absolute atomic E-state index is 0.137. The molecule has 6 heteroatoms. The first-order valence-corrected chi connectivity index (χ1v) is 9.38. The molecule has 4 rings (SSSR count). The van der Waals surface area contributed by atoms with Crippen molar-refractivity contribution < 1.29 is 9.18 Å². The summed E-state index contributed by atoms with van der Waals surface area (Å²) in [7, 11) is 0. The summed E-state index contributed by atoms with van der Waals surface area (Å²) in [5, 5.41) is 0.918. The summed E-state index contributed by atoms with van der Waals surface area (Å²) in [6, 6.07) is 13.6. The summed E-state index contributed by atoms with van der Waals surface area (Å²) in [4.78, 5) is 15.1. The molecule has 0 N–H and O–H groups in total. The average molecular weight is 403 g/mol. The van der Waals surface area contributed by atoms with Gasteiger partial charge in [-0.3, -0.25) is 4.79 Å². The van der Waals surface area contributed by atoms with Crippen LogP contribution in [0.25, 0.3) is 0 Å². The summed E-state index contributed by atoms with van der Waals surface area (Å²) in [6.45, 7) is 2.90. The van der Waals surface area contributed by atoms with Gasteiger partial charge in [0, 0.05) is 30.5 Å². The molecular formula is C21H17Cl2FN2O. The maximum Gasteiger partial charge on any atom is 0.254 e. The molecule has 0 radical (unpaired) electrons. The van der Waals surface area contributed by atoms with E-state index in [9.17, 15) is 9.18 Å². The van der Waals surface area contributed by atoms with Gasteiger partial charge in [-0.15, -0.1) is 0 Å².